The van der Waals surface area contributed by atoms with Crippen LogP contribution in [0, 0.1) is 6.92 Å². The molecule has 25 heavy (non-hydrogen) atoms. The van der Waals surface area contributed by atoms with Crippen LogP contribution in [0.2, 0.25) is 0 Å². The Morgan fingerprint density at radius 1 is 1.16 bits per heavy atom. The van der Waals surface area contributed by atoms with Gasteiger partial charge in [-0.15, -0.1) is 11.8 Å². The van der Waals surface area contributed by atoms with Crippen molar-refractivity contribution in [1.82, 2.24) is 0 Å². The molecule has 0 heterocycles. The molecule has 0 atom stereocenters. The summed E-state index contributed by atoms with van der Waals surface area (Å²) in [7, 11) is 1.55. The van der Waals surface area contributed by atoms with Crippen molar-refractivity contribution in [3.63, 3.8) is 0 Å². The fourth-order valence-corrected chi connectivity index (χ4v) is 2.89. The number of nitrogens with one attached hydrogen (secondary N) is 1. The summed E-state index contributed by atoms with van der Waals surface area (Å²) < 4.78 is 10.3. The molecule has 0 unspecified atom stereocenters. The highest BCUT2D eigenvalue weighted by Gasteiger charge is 2.13. The van der Waals surface area contributed by atoms with E-state index in [9.17, 15) is 9.59 Å². The van der Waals surface area contributed by atoms with E-state index >= 15 is 0 Å². The Morgan fingerprint density at radius 3 is 2.64 bits per heavy atom. The van der Waals surface area contributed by atoms with Crippen molar-refractivity contribution < 1.29 is 19.1 Å². The largest absolute Gasteiger partial charge is 0.496 e. The van der Waals surface area contributed by atoms with Crippen LogP contribution in [0.4, 0.5) is 5.69 Å². The van der Waals surface area contributed by atoms with Crippen molar-refractivity contribution >= 4 is 29.3 Å². The van der Waals surface area contributed by atoms with E-state index in [2.05, 4.69) is 5.32 Å². The van der Waals surface area contributed by atoms with Gasteiger partial charge < -0.3 is 14.8 Å². The number of methoxy groups -OCH3 is 1. The van der Waals surface area contributed by atoms with Crippen LogP contribution in [0.5, 0.6) is 5.75 Å². The standard InChI is InChI=1S/C19H21NO4S/c1-13-8-9-16(23-2)14(10-13)11-19(22)24-12-18(21)20-15-6-4-5-7-17(15)25-3/h4-10H,11-12H2,1-3H3,(H,20,21). The molecule has 0 aromatic heterocycles. The molecular weight excluding hydrogens is 338 g/mol. The lowest BCUT2D eigenvalue weighted by atomic mass is 10.1. The predicted molar refractivity (Wildman–Crippen MR) is 99.2 cm³/mol. The average Bonchev–Trinajstić information content (AvgIpc) is 2.60. The molecule has 132 valence electrons. The minimum Gasteiger partial charge on any atom is -0.496 e. The maximum absolute atomic E-state index is 12.0. The third-order valence-corrected chi connectivity index (χ3v) is 4.31. The Balaban J connectivity index is 1.89. The number of carbonyl (C=O) groups excluding carboxylic acids is 2. The van der Waals surface area contributed by atoms with Crippen molar-refractivity contribution in [3.05, 3.63) is 53.6 Å². The van der Waals surface area contributed by atoms with Gasteiger partial charge in [-0.05, 0) is 31.4 Å². The molecule has 1 N–H and O–H groups in total. The lowest BCUT2D eigenvalue weighted by molar-refractivity contribution is -0.146. The van der Waals surface area contributed by atoms with Gasteiger partial charge >= 0.3 is 5.97 Å². The number of rotatable bonds is 7. The number of aryl methyl sites for hydroxylation is 1. The predicted octanol–water partition coefficient (Wildman–Crippen LogP) is 3.45. The smallest absolute Gasteiger partial charge is 0.310 e. The lowest BCUT2D eigenvalue weighted by Gasteiger charge is -2.11. The molecule has 1 amide bonds. The van der Waals surface area contributed by atoms with Gasteiger partial charge in [0, 0.05) is 10.5 Å². The zero-order valence-electron chi connectivity index (χ0n) is 14.5. The first kappa shape index (κ1) is 18.9. The number of benzene rings is 2. The van der Waals surface area contributed by atoms with Crippen molar-refractivity contribution in [2.24, 2.45) is 0 Å². The Morgan fingerprint density at radius 2 is 1.92 bits per heavy atom. The highest BCUT2D eigenvalue weighted by Crippen LogP contribution is 2.24. The fraction of sp³-hybridized carbons (Fsp3) is 0.263. The second kappa shape index (κ2) is 9.13. The number of thioether (sulfide) groups is 1. The second-order valence-electron chi connectivity index (χ2n) is 5.40. The number of carbonyl (C=O) groups is 2. The summed E-state index contributed by atoms with van der Waals surface area (Å²) in [5, 5.41) is 2.75. The summed E-state index contributed by atoms with van der Waals surface area (Å²) >= 11 is 1.53. The van der Waals surface area contributed by atoms with Crippen LogP contribution >= 0.6 is 11.8 Å². The third-order valence-electron chi connectivity index (χ3n) is 3.52. The number of hydrogen-bond donors (Lipinski definition) is 1. The van der Waals surface area contributed by atoms with Crippen LogP contribution < -0.4 is 10.1 Å². The van der Waals surface area contributed by atoms with Gasteiger partial charge in [0.05, 0.1) is 19.2 Å². The van der Waals surface area contributed by atoms with E-state index in [0.29, 0.717) is 11.4 Å². The van der Waals surface area contributed by atoms with E-state index in [0.717, 1.165) is 16.0 Å². The van der Waals surface area contributed by atoms with Gasteiger partial charge in [-0.3, -0.25) is 9.59 Å². The number of ether oxygens (including phenoxy) is 2. The summed E-state index contributed by atoms with van der Waals surface area (Å²) in [5.41, 5.74) is 2.46. The first-order chi connectivity index (χ1) is 12.0. The molecule has 5 nitrogen and oxygen atoms in total. The highest BCUT2D eigenvalue weighted by molar-refractivity contribution is 7.98. The van der Waals surface area contributed by atoms with Gasteiger partial charge in [0.1, 0.15) is 5.75 Å². The topological polar surface area (TPSA) is 64.6 Å². The zero-order valence-corrected chi connectivity index (χ0v) is 15.3. The Labute approximate surface area is 151 Å². The van der Waals surface area contributed by atoms with E-state index in [1.807, 2.05) is 55.6 Å². The molecule has 0 aliphatic rings. The molecule has 0 bridgehead atoms. The quantitative estimate of drug-likeness (QED) is 0.606. The Bertz CT molecular complexity index is 761. The van der Waals surface area contributed by atoms with Crippen LogP contribution in [0.25, 0.3) is 0 Å². The highest BCUT2D eigenvalue weighted by atomic mass is 32.2. The molecule has 0 aliphatic carbocycles. The van der Waals surface area contributed by atoms with Crippen LogP contribution in [0.1, 0.15) is 11.1 Å². The van der Waals surface area contributed by atoms with Crippen LogP contribution in [-0.4, -0.2) is 31.8 Å². The third kappa shape index (κ3) is 5.53. The van der Waals surface area contributed by atoms with E-state index in [1.54, 1.807) is 7.11 Å². The molecule has 0 saturated heterocycles. The lowest BCUT2D eigenvalue weighted by Crippen LogP contribution is -2.22. The maximum Gasteiger partial charge on any atom is 0.310 e. The normalized spacial score (nSPS) is 10.2. The molecule has 2 aromatic rings. The minimum absolute atomic E-state index is 0.0551. The summed E-state index contributed by atoms with van der Waals surface area (Å²) in [5.74, 6) is -0.218. The molecule has 0 saturated carbocycles. The van der Waals surface area contributed by atoms with E-state index in [-0.39, 0.29) is 18.9 Å². The summed E-state index contributed by atoms with van der Waals surface area (Å²) in [6.07, 6.45) is 1.99. The Kier molecular flexibility index (Phi) is 6.89. The molecule has 2 rings (SSSR count). The van der Waals surface area contributed by atoms with Crippen molar-refractivity contribution in [3.8, 4) is 5.75 Å². The molecule has 0 fully saturated rings. The second-order valence-corrected chi connectivity index (χ2v) is 6.25. The fourth-order valence-electron chi connectivity index (χ4n) is 2.33. The van der Waals surface area contributed by atoms with E-state index in [4.69, 9.17) is 9.47 Å². The van der Waals surface area contributed by atoms with Gasteiger partial charge in [-0.25, -0.2) is 0 Å². The molecular formula is C19H21NO4S. The number of hydrogen-bond acceptors (Lipinski definition) is 5. The van der Waals surface area contributed by atoms with Crippen LogP contribution in [-0.2, 0) is 20.7 Å². The molecule has 0 spiro atoms. The van der Waals surface area contributed by atoms with Crippen molar-refractivity contribution in [1.29, 1.82) is 0 Å². The summed E-state index contributed by atoms with van der Waals surface area (Å²) in [6, 6.07) is 13.0. The van der Waals surface area contributed by atoms with Crippen molar-refractivity contribution in [2.45, 2.75) is 18.2 Å². The molecule has 2 aromatic carbocycles. The van der Waals surface area contributed by atoms with Gasteiger partial charge in [0.2, 0.25) is 0 Å². The van der Waals surface area contributed by atoms with E-state index < -0.39 is 5.97 Å². The average molecular weight is 359 g/mol. The molecule has 0 radical (unpaired) electrons. The first-order valence-electron chi connectivity index (χ1n) is 7.75. The van der Waals surface area contributed by atoms with Crippen molar-refractivity contribution in [2.75, 3.05) is 25.3 Å². The monoisotopic (exact) mass is 359 g/mol. The summed E-state index contributed by atoms with van der Waals surface area (Å²) in [4.78, 5) is 25.0. The van der Waals surface area contributed by atoms with Gasteiger partial charge in [-0.2, -0.15) is 0 Å². The van der Waals surface area contributed by atoms with Crippen LogP contribution in [0.3, 0.4) is 0 Å². The zero-order chi connectivity index (χ0) is 18.2. The first-order valence-corrected chi connectivity index (χ1v) is 8.98. The van der Waals surface area contributed by atoms with Gasteiger partial charge in [-0.1, -0.05) is 29.8 Å². The number of amides is 1. The summed E-state index contributed by atoms with van der Waals surface area (Å²) in [6.45, 7) is 1.61. The maximum atomic E-state index is 12.0. The Hall–Kier alpha value is -2.47. The number of para-hydroxylation sites is 1. The van der Waals surface area contributed by atoms with Gasteiger partial charge in [0.15, 0.2) is 6.61 Å². The molecule has 6 heteroatoms. The van der Waals surface area contributed by atoms with Crippen LogP contribution in [0.15, 0.2) is 47.4 Å². The SMILES string of the molecule is COc1ccc(C)cc1CC(=O)OCC(=O)Nc1ccccc1SC. The minimum atomic E-state index is -0.475. The van der Waals surface area contributed by atoms with Gasteiger partial charge in [0.25, 0.3) is 5.91 Å². The molecule has 0 aliphatic heterocycles. The number of esters is 1. The van der Waals surface area contributed by atoms with E-state index in [1.165, 1.54) is 11.8 Å². The number of anilines is 1.